The monoisotopic (exact) mass is 395 g/mol. The summed E-state index contributed by atoms with van der Waals surface area (Å²) in [6.45, 7) is 3.83. The average Bonchev–Trinajstić information content (AvgIpc) is 3.41. The number of thiophene rings is 1. The second kappa shape index (κ2) is 7.24. The van der Waals surface area contributed by atoms with Crippen LogP contribution >= 0.6 is 11.3 Å². The molecule has 28 heavy (non-hydrogen) atoms. The molecule has 144 valence electrons. The number of carbonyl (C=O) groups excluding carboxylic acids is 2. The Morgan fingerprint density at radius 3 is 2.64 bits per heavy atom. The number of ether oxygens (including phenoxy) is 1. The first-order valence-electron chi connectivity index (χ1n) is 9.16. The lowest BCUT2D eigenvalue weighted by atomic mass is 10.1. The van der Waals surface area contributed by atoms with Crippen LogP contribution in [0.25, 0.3) is 10.2 Å². The minimum atomic E-state index is -1.02. The molecule has 1 amide bonds. The Hall–Kier alpha value is -2.93. The van der Waals surface area contributed by atoms with E-state index in [1.807, 2.05) is 38.1 Å². The third-order valence-electron chi connectivity index (χ3n) is 4.70. The first-order valence-corrected chi connectivity index (χ1v) is 9.98. The first-order chi connectivity index (χ1) is 13.4. The molecule has 6 nitrogen and oxygen atoms in total. The van der Waals surface area contributed by atoms with Gasteiger partial charge in [-0.15, -0.1) is 11.3 Å². The fourth-order valence-corrected chi connectivity index (χ4v) is 4.29. The van der Waals surface area contributed by atoms with Crippen molar-refractivity contribution in [3.8, 4) is 0 Å². The lowest BCUT2D eigenvalue weighted by molar-refractivity contribution is -0.130. The molecule has 0 aliphatic heterocycles. The molecule has 0 bridgehead atoms. The number of nitrogen functional groups attached to an aromatic ring is 1. The maximum atomic E-state index is 12.9. The van der Waals surface area contributed by atoms with Gasteiger partial charge in [-0.2, -0.15) is 0 Å². The van der Waals surface area contributed by atoms with Crippen molar-refractivity contribution < 1.29 is 14.3 Å². The van der Waals surface area contributed by atoms with Gasteiger partial charge >= 0.3 is 5.97 Å². The topological polar surface area (TPSA) is 94.3 Å². The molecular formula is C21H21N3O3S. The lowest BCUT2D eigenvalue weighted by Gasteiger charge is -2.17. The predicted octanol–water partition coefficient (Wildman–Crippen LogP) is 3.67. The SMILES string of the molecule is Cc1cc(C)c2c(N)c(C(=O)O[C@H](C(=O)NC3CC3)c3ccccc3)sc2n1. The Labute approximate surface area is 166 Å². The van der Waals surface area contributed by atoms with E-state index in [0.29, 0.717) is 16.1 Å². The lowest BCUT2D eigenvalue weighted by Crippen LogP contribution is -2.33. The van der Waals surface area contributed by atoms with Crippen LogP contribution < -0.4 is 11.1 Å². The molecule has 1 atom stereocenters. The number of hydrogen-bond donors (Lipinski definition) is 2. The van der Waals surface area contributed by atoms with Crippen LogP contribution in [0.15, 0.2) is 36.4 Å². The zero-order chi connectivity index (χ0) is 19.8. The van der Waals surface area contributed by atoms with Gasteiger partial charge in [0, 0.05) is 22.7 Å². The number of pyridine rings is 1. The average molecular weight is 395 g/mol. The maximum absolute atomic E-state index is 12.9. The van der Waals surface area contributed by atoms with E-state index in [0.717, 1.165) is 29.5 Å². The van der Waals surface area contributed by atoms with Gasteiger partial charge in [-0.05, 0) is 38.3 Å². The molecule has 1 aromatic carbocycles. The van der Waals surface area contributed by atoms with Gasteiger partial charge in [0.2, 0.25) is 6.10 Å². The molecule has 1 aliphatic carbocycles. The van der Waals surface area contributed by atoms with Crippen LogP contribution in [-0.2, 0) is 9.53 Å². The highest BCUT2D eigenvalue weighted by Crippen LogP contribution is 2.36. The molecule has 1 fully saturated rings. The maximum Gasteiger partial charge on any atom is 0.351 e. The number of benzene rings is 1. The van der Waals surface area contributed by atoms with Crippen LogP contribution in [0.5, 0.6) is 0 Å². The summed E-state index contributed by atoms with van der Waals surface area (Å²) in [5.41, 5.74) is 9.03. The van der Waals surface area contributed by atoms with Gasteiger partial charge in [-0.25, -0.2) is 9.78 Å². The number of nitrogens with zero attached hydrogens (tertiary/aromatic N) is 1. The van der Waals surface area contributed by atoms with Gasteiger partial charge in [0.15, 0.2) is 0 Å². The number of amides is 1. The van der Waals surface area contributed by atoms with E-state index in [2.05, 4.69) is 10.3 Å². The van der Waals surface area contributed by atoms with Crippen LogP contribution in [0.4, 0.5) is 5.69 Å². The number of carbonyl (C=O) groups is 2. The van der Waals surface area contributed by atoms with Crippen molar-refractivity contribution in [2.24, 2.45) is 0 Å². The highest BCUT2D eigenvalue weighted by Gasteiger charge is 2.32. The number of aryl methyl sites for hydroxylation is 2. The Morgan fingerprint density at radius 2 is 1.96 bits per heavy atom. The Kier molecular flexibility index (Phi) is 4.77. The Morgan fingerprint density at radius 1 is 1.25 bits per heavy atom. The highest BCUT2D eigenvalue weighted by molar-refractivity contribution is 7.21. The number of aromatic nitrogens is 1. The number of hydrogen-bond acceptors (Lipinski definition) is 6. The summed E-state index contributed by atoms with van der Waals surface area (Å²) in [7, 11) is 0. The standard InChI is InChI=1S/C21H21N3O3S/c1-11-10-12(2)23-20-15(11)16(22)18(28-20)21(26)27-17(13-6-4-3-5-7-13)19(25)24-14-8-9-14/h3-7,10,14,17H,8-9,22H2,1-2H3,(H,24,25)/t17-/m0/s1. The van der Waals surface area contributed by atoms with E-state index < -0.39 is 12.1 Å². The van der Waals surface area contributed by atoms with Crippen LogP contribution in [0.3, 0.4) is 0 Å². The van der Waals surface area contributed by atoms with Crippen LogP contribution in [0, 0.1) is 13.8 Å². The molecule has 2 heterocycles. The van der Waals surface area contributed by atoms with Crippen molar-refractivity contribution in [3.63, 3.8) is 0 Å². The van der Waals surface area contributed by atoms with Gasteiger partial charge < -0.3 is 15.8 Å². The fraction of sp³-hybridized carbons (Fsp3) is 0.286. The van der Waals surface area contributed by atoms with E-state index in [-0.39, 0.29) is 16.8 Å². The second-order valence-corrected chi connectivity index (χ2v) is 8.08. The molecule has 0 saturated heterocycles. The summed E-state index contributed by atoms with van der Waals surface area (Å²) < 4.78 is 5.65. The summed E-state index contributed by atoms with van der Waals surface area (Å²) in [6, 6.07) is 11.1. The van der Waals surface area contributed by atoms with Gasteiger partial charge in [-0.3, -0.25) is 4.79 Å². The second-order valence-electron chi connectivity index (χ2n) is 7.08. The molecule has 0 unspecified atom stereocenters. The number of rotatable bonds is 5. The molecule has 1 saturated carbocycles. The van der Waals surface area contributed by atoms with Crippen LogP contribution in [0.1, 0.15) is 45.4 Å². The van der Waals surface area contributed by atoms with E-state index in [1.54, 1.807) is 12.1 Å². The van der Waals surface area contributed by atoms with Crippen molar-refractivity contribution in [2.75, 3.05) is 5.73 Å². The van der Waals surface area contributed by atoms with Crippen molar-refractivity contribution in [2.45, 2.75) is 38.8 Å². The molecule has 0 radical (unpaired) electrons. The van der Waals surface area contributed by atoms with Crippen molar-refractivity contribution in [1.29, 1.82) is 0 Å². The van der Waals surface area contributed by atoms with Gasteiger partial charge in [-0.1, -0.05) is 30.3 Å². The van der Waals surface area contributed by atoms with E-state index in [9.17, 15) is 9.59 Å². The normalized spacial score (nSPS) is 14.6. The van der Waals surface area contributed by atoms with Crippen molar-refractivity contribution in [3.05, 3.63) is 58.1 Å². The number of fused-ring (bicyclic) bond motifs is 1. The molecule has 3 aromatic rings. The van der Waals surface area contributed by atoms with Crippen LogP contribution in [-0.4, -0.2) is 22.9 Å². The number of anilines is 1. The van der Waals surface area contributed by atoms with Gasteiger partial charge in [0.25, 0.3) is 5.91 Å². The molecule has 1 aliphatic rings. The number of nitrogens with two attached hydrogens (primary N) is 1. The molecule has 2 aromatic heterocycles. The number of esters is 1. The minimum Gasteiger partial charge on any atom is -0.443 e. The molecule has 0 spiro atoms. The molecular weight excluding hydrogens is 374 g/mol. The minimum absolute atomic E-state index is 0.168. The fourth-order valence-electron chi connectivity index (χ4n) is 3.19. The predicted molar refractivity (Wildman–Crippen MR) is 109 cm³/mol. The Bertz CT molecular complexity index is 1060. The number of nitrogens with one attached hydrogen (secondary N) is 1. The third-order valence-corrected chi connectivity index (χ3v) is 5.78. The van der Waals surface area contributed by atoms with E-state index in [1.165, 1.54) is 11.3 Å². The zero-order valence-corrected chi connectivity index (χ0v) is 16.5. The summed E-state index contributed by atoms with van der Waals surface area (Å²) in [4.78, 5) is 31.1. The third kappa shape index (κ3) is 3.57. The van der Waals surface area contributed by atoms with Crippen molar-refractivity contribution in [1.82, 2.24) is 10.3 Å². The van der Waals surface area contributed by atoms with Crippen molar-refractivity contribution >= 4 is 39.1 Å². The quantitative estimate of drug-likeness (QED) is 0.643. The molecule has 4 rings (SSSR count). The summed E-state index contributed by atoms with van der Waals surface area (Å²) in [5.74, 6) is -0.927. The Balaban J connectivity index is 1.66. The van der Waals surface area contributed by atoms with E-state index in [4.69, 9.17) is 10.5 Å². The largest absolute Gasteiger partial charge is 0.443 e. The molecule has 3 N–H and O–H groups in total. The smallest absolute Gasteiger partial charge is 0.351 e. The van der Waals surface area contributed by atoms with E-state index >= 15 is 0 Å². The van der Waals surface area contributed by atoms with Gasteiger partial charge in [0.1, 0.15) is 9.71 Å². The highest BCUT2D eigenvalue weighted by atomic mass is 32.1. The first kappa shape index (κ1) is 18.4. The zero-order valence-electron chi connectivity index (χ0n) is 15.7. The van der Waals surface area contributed by atoms with Gasteiger partial charge in [0.05, 0.1) is 5.69 Å². The molecule has 7 heteroatoms. The van der Waals surface area contributed by atoms with Crippen LogP contribution in [0.2, 0.25) is 0 Å². The summed E-state index contributed by atoms with van der Waals surface area (Å²) in [5, 5.41) is 3.68. The summed E-state index contributed by atoms with van der Waals surface area (Å²) >= 11 is 1.19. The summed E-state index contributed by atoms with van der Waals surface area (Å²) in [6.07, 6.45) is 0.887.